The molecule has 1 aromatic heterocycles. The Morgan fingerprint density at radius 1 is 1.17 bits per heavy atom. The fraction of sp³-hybridized carbons (Fsp3) is 0.333. The highest BCUT2D eigenvalue weighted by atomic mass is 19.4. The van der Waals surface area contributed by atoms with Crippen LogP contribution < -0.4 is 4.74 Å². The summed E-state index contributed by atoms with van der Waals surface area (Å²) in [5.41, 5.74) is -0.164. The van der Waals surface area contributed by atoms with Crippen LogP contribution in [0.3, 0.4) is 0 Å². The van der Waals surface area contributed by atoms with Gasteiger partial charge in [0.1, 0.15) is 0 Å². The first-order valence-corrected chi connectivity index (χ1v) is 4.31. The second-order valence-corrected chi connectivity index (χ2v) is 3.08. The van der Waals surface area contributed by atoms with E-state index in [9.17, 15) is 26.3 Å². The van der Waals surface area contributed by atoms with Crippen molar-refractivity contribution >= 4 is 0 Å². The highest BCUT2D eigenvalue weighted by Crippen LogP contribution is 2.36. The molecule has 0 aromatic carbocycles. The third kappa shape index (κ3) is 3.51. The molecule has 0 aliphatic rings. The second-order valence-electron chi connectivity index (χ2n) is 3.08. The molecule has 0 saturated carbocycles. The van der Waals surface area contributed by atoms with Crippen molar-refractivity contribution in [3.63, 3.8) is 0 Å². The molecule has 1 heterocycles. The molecule has 0 amide bonds. The van der Waals surface area contributed by atoms with E-state index < -0.39 is 24.3 Å². The number of nitrogens with zero attached hydrogens (tertiary/aromatic N) is 2. The van der Waals surface area contributed by atoms with Crippen molar-refractivity contribution in [2.45, 2.75) is 18.5 Å². The zero-order valence-corrected chi connectivity index (χ0v) is 8.38. The number of ether oxygens (including phenoxy) is 1. The third-order valence-corrected chi connectivity index (χ3v) is 1.70. The van der Waals surface area contributed by atoms with E-state index >= 15 is 0 Å². The van der Waals surface area contributed by atoms with Crippen molar-refractivity contribution < 1.29 is 31.1 Å². The quantitative estimate of drug-likeness (QED) is 0.776. The summed E-state index contributed by atoms with van der Waals surface area (Å²) in [5, 5.41) is 8.44. The molecule has 1 aromatic rings. The molecule has 3 nitrogen and oxygen atoms in total. The van der Waals surface area contributed by atoms with Gasteiger partial charge >= 0.3 is 12.4 Å². The van der Waals surface area contributed by atoms with Gasteiger partial charge in [0, 0.05) is 12.3 Å². The molecule has 1 rings (SSSR count). The number of hydrogen-bond acceptors (Lipinski definition) is 3. The fourth-order valence-electron chi connectivity index (χ4n) is 0.983. The van der Waals surface area contributed by atoms with Gasteiger partial charge in [-0.1, -0.05) is 0 Å². The van der Waals surface area contributed by atoms with Crippen LogP contribution in [-0.4, -0.2) is 23.4 Å². The van der Waals surface area contributed by atoms with Crippen LogP contribution in [0.5, 0.6) is 5.88 Å². The highest BCUT2D eigenvalue weighted by molar-refractivity contribution is 5.31. The maximum absolute atomic E-state index is 12.1. The predicted molar refractivity (Wildman–Crippen MR) is 45.5 cm³/mol. The van der Waals surface area contributed by atoms with Crippen LogP contribution in [-0.2, 0) is 0 Å². The van der Waals surface area contributed by atoms with Crippen molar-refractivity contribution in [3.8, 4) is 11.9 Å². The smallest absolute Gasteiger partial charge is 0.434 e. The van der Waals surface area contributed by atoms with Gasteiger partial charge in [-0.05, 0) is 6.07 Å². The Kier molecular flexibility index (Phi) is 3.69. The van der Waals surface area contributed by atoms with E-state index in [0.717, 1.165) is 12.3 Å². The van der Waals surface area contributed by atoms with Crippen LogP contribution in [0.25, 0.3) is 0 Å². The van der Waals surface area contributed by atoms with Gasteiger partial charge < -0.3 is 4.74 Å². The highest BCUT2D eigenvalue weighted by Gasteiger charge is 2.59. The summed E-state index contributed by atoms with van der Waals surface area (Å²) in [5.74, 6) is -0.923. The van der Waals surface area contributed by atoms with Gasteiger partial charge in [0.05, 0.1) is 11.6 Å². The van der Waals surface area contributed by atoms with Gasteiger partial charge in [0.2, 0.25) is 5.88 Å². The van der Waals surface area contributed by atoms with Crippen LogP contribution in [0, 0.1) is 11.3 Å². The van der Waals surface area contributed by atoms with E-state index in [2.05, 4.69) is 9.72 Å². The molecule has 9 heteroatoms. The summed E-state index contributed by atoms with van der Waals surface area (Å²) in [7, 11) is 0. The lowest BCUT2D eigenvalue weighted by molar-refractivity contribution is -0.300. The van der Waals surface area contributed by atoms with Crippen LogP contribution in [0.2, 0.25) is 0 Å². The molecule has 0 aliphatic heterocycles. The lowest BCUT2D eigenvalue weighted by Crippen LogP contribution is -2.46. The average molecular weight is 270 g/mol. The number of rotatable bonds is 2. The standard InChI is InChI=1S/C9H4F6N2O/c10-8(11,12)7(9(13,14)15)18-6-3-5(4-16)1-2-17-6/h1-3,7H. The molecule has 98 valence electrons. The third-order valence-electron chi connectivity index (χ3n) is 1.70. The number of nitriles is 1. The molecule has 0 saturated heterocycles. The Morgan fingerprint density at radius 2 is 1.72 bits per heavy atom. The average Bonchev–Trinajstić information content (AvgIpc) is 2.23. The van der Waals surface area contributed by atoms with Gasteiger partial charge in [0.25, 0.3) is 6.10 Å². The van der Waals surface area contributed by atoms with Crippen molar-refractivity contribution in [1.82, 2.24) is 4.98 Å². The predicted octanol–water partition coefficient (Wildman–Crippen LogP) is 2.83. The molecule has 0 atom stereocenters. The summed E-state index contributed by atoms with van der Waals surface area (Å²) in [6, 6.07) is 3.33. The first-order valence-electron chi connectivity index (χ1n) is 4.31. The van der Waals surface area contributed by atoms with Crippen molar-refractivity contribution in [1.29, 1.82) is 5.26 Å². The molecular weight excluding hydrogens is 266 g/mol. The molecule has 18 heavy (non-hydrogen) atoms. The number of aromatic nitrogens is 1. The van der Waals surface area contributed by atoms with Crippen LogP contribution >= 0.6 is 0 Å². The lowest BCUT2D eigenvalue weighted by atomic mass is 10.3. The van der Waals surface area contributed by atoms with Crippen LogP contribution in [0.15, 0.2) is 18.3 Å². The first kappa shape index (κ1) is 14.1. The van der Waals surface area contributed by atoms with Gasteiger partial charge in [-0.3, -0.25) is 0 Å². The number of alkyl halides is 6. The summed E-state index contributed by atoms with van der Waals surface area (Å²) in [6.45, 7) is 0. The van der Waals surface area contributed by atoms with E-state index in [1.807, 2.05) is 0 Å². The van der Waals surface area contributed by atoms with Crippen LogP contribution in [0.4, 0.5) is 26.3 Å². The zero-order valence-electron chi connectivity index (χ0n) is 8.38. The Labute approximate surface area is 96.6 Å². The minimum Gasteiger partial charge on any atom is -0.455 e. The van der Waals surface area contributed by atoms with Gasteiger partial charge in [-0.2, -0.15) is 31.6 Å². The number of halogens is 6. The van der Waals surface area contributed by atoms with Crippen LogP contribution in [0.1, 0.15) is 5.56 Å². The van der Waals surface area contributed by atoms with E-state index in [-0.39, 0.29) is 5.56 Å². The molecule has 0 bridgehead atoms. The second kappa shape index (κ2) is 4.72. The first-order chi connectivity index (χ1) is 8.14. The van der Waals surface area contributed by atoms with Gasteiger partial charge in [-0.25, -0.2) is 4.98 Å². The Balaban J connectivity index is 3.01. The fourth-order valence-corrected chi connectivity index (χ4v) is 0.983. The normalized spacial score (nSPS) is 12.3. The molecular formula is C9H4F6N2O. The van der Waals surface area contributed by atoms with E-state index in [4.69, 9.17) is 5.26 Å². The van der Waals surface area contributed by atoms with Crippen molar-refractivity contribution in [2.24, 2.45) is 0 Å². The topological polar surface area (TPSA) is 45.9 Å². The maximum Gasteiger partial charge on any atom is 0.434 e. The van der Waals surface area contributed by atoms with Crippen molar-refractivity contribution in [3.05, 3.63) is 23.9 Å². The Hall–Kier alpha value is -1.98. The largest absolute Gasteiger partial charge is 0.455 e. The Morgan fingerprint density at radius 3 is 2.17 bits per heavy atom. The summed E-state index contributed by atoms with van der Waals surface area (Å²) in [6.07, 6.45) is -14.4. The van der Waals surface area contributed by atoms with Gasteiger partial charge in [0.15, 0.2) is 0 Å². The summed E-state index contributed by atoms with van der Waals surface area (Å²) >= 11 is 0. The summed E-state index contributed by atoms with van der Waals surface area (Å²) < 4.78 is 76.7. The monoisotopic (exact) mass is 270 g/mol. The minimum absolute atomic E-state index is 0.164. The minimum atomic E-state index is -5.62. The molecule has 0 N–H and O–H groups in total. The Bertz CT molecular complexity index is 447. The van der Waals surface area contributed by atoms with Crippen molar-refractivity contribution in [2.75, 3.05) is 0 Å². The van der Waals surface area contributed by atoms with E-state index in [0.29, 0.717) is 6.07 Å². The lowest BCUT2D eigenvalue weighted by Gasteiger charge is -2.23. The molecule has 0 fully saturated rings. The molecule has 0 aliphatic carbocycles. The molecule has 0 spiro atoms. The maximum atomic E-state index is 12.1. The number of pyridine rings is 1. The zero-order chi connectivity index (χ0) is 14.0. The van der Waals surface area contributed by atoms with Gasteiger partial charge in [-0.15, -0.1) is 0 Å². The van der Waals surface area contributed by atoms with E-state index in [1.165, 1.54) is 6.07 Å². The van der Waals surface area contributed by atoms with E-state index in [1.54, 1.807) is 0 Å². The molecule has 0 unspecified atom stereocenters. The molecule has 0 radical (unpaired) electrons. The number of hydrogen-bond donors (Lipinski definition) is 0. The SMILES string of the molecule is N#Cc1ccnc(OC(C(F)(F)F)C(F)(F)F)c1. The summed E-state index contributed by atoms with van der Waals surface area (Å²) in [4.78, 5) is 3.18.